The van der Waals surface area contributed by atoms with Gasteiger partial charge >= 0.3 is 0 Å². The highest BCUT2D eigenvalue weighted by atomic mass is 35.5. The van der Waals surface area contributed by atoms with Crippen molar-refractivity contribution in [2.75, 3.05) is 13.2 Å². The van der Waals surface area contributed by atoms with Crippen LogP contribution in [-0.4, -0.2) is 18.1 Å². The fourth-order valence-electron chi connectivity index (χ4n) is 1.30. The molecule has 1 heterocycles. The zero-order valence-corrected chi connectivity index (χ0v) is 11.1. The normalized spacial score (nSPS) is 11.0. The second-order valence-corrected chi connectivity index (χ2v) is 4.09. The highest BCUT2D eigenvalue weighted by Gasteiger charge is 2.03. The van der Waals surface area contributed by atoms with Gasteiger partial charge < -0.3 is 10.1 Å². The van der Waals surface area contributed by atoms with Crippen LogP contribution in [0.3, 0.4) is 0 Å². The molecule has 94 valence electrons. The van der Waals surface area contributed by atoms with Crippen molar-refractivity contribution in [3.63, 3.8) is 0 Å². The smallest absolute Gasteiger partial charge is 0.232 e. The molecule has 0 aliphatic carbocycles. The van der Waals surface area contributed by atoms with Crippen molar-refractivity contribution >= 4 is 11.6 Å². The monoisotopic (exact) mass is 254 g/mol. The van der Waals surface area contributed by atoms with Gasteiger partial charge in [0.05, 0.1) is 0 Å². The van der Waals surface area contributed by atoms with Gasteiger partial charge in [-0.05, 0) is 31.5 Å². The molecular weight excluding hydrogens is 236 g/mol. The molecule has 17 heavy (non-hydrogen) atoms. The first-order valence-electron chi connectivity index (χ1n) is 5.87. The molecule has 0 saturated carbocycles. The molecule has 0 spiro atoms. The Balaban J connectivity index is 2.53. The van der Waals surface area contributed by atoms with Crippen LogP contribution in [0.25, 0.3) is 0 Å². The Labute approximate surface area is 108 Å². The molecule has 0 fully saturated rings. The lowest BCUT2D eigenvalue weighted by Crippen LogP contribution is -2.14. The number of hydrogen-bond donors (Lipinski definition) is 1. The number of rotatable bonds is 7. The minimum Gasteiger partial charge on any atom is -0.472 e. The third kappa shape index (κ3) is 5.20. The molecule has 3 nitrogen and oxygen atoms in total. The van der Waals surface area contributed by atoms with E-state index in [9.17, 15) is 0 Å². The Hall–Kier alpha value is -1.06. The largest absolute Gasteiger partial charge is 0.472 e. The first-order valence-corrected chi connectivity index (χ1v) is 6.24. The molecular formula is C13H19ClN2O. The molecule has 0 aliphatic rings. The number of allylic oxidation sites excluding steroid dienone is 1. The van der Waals surface area contributed by atoms with Gasteiger partial charge in [-0.3, -0.25) is 0 Å². The molecule has 0 unspecified atom stereocenters. The summed E-state index contributed by atoms with van der Waals surface area (Å²) in [5, 5.41) is 3.86. The number of pyridine rings is 1. The number of halogens is 1. The van der Waals surface area contributed by atoms with E-state index in [2.05, 4.69) is 17.2 Å². The lowest BCUT2D eigenvalue weighted by Gasteiger charge is -2.07. The van der Waals surface area contributed by atoms with Crippen molar-refractivity contribution in [2.45, 2.75) is 26.8 Å². The van der Waals surface area contributed by atoms with Crippen LogP contribution in [0.2, 0.25) is 5.02 Å². The first kappa shape index (κ1) is 14.0. The van der Waals surface area contributed by atoms with Gasteiger partial charge in [0, 0.05) is 12.7 Å². The van der Waals surface area contributed by atoms with Crippen LogP contribution in [0.4, 0.5) is 0 Å². The maximum Gasteiger partial charge on any atom is 0.232 e. The van der Waals surface area contributed by atoms with Crippen LogP contribution in [0.15, 0.2) is 24.4 Å². The van der Waals surface area contributed by atoms with Crippen LogP contribution >= 0.6 is 11.6 Å². The maximum atomic E-state index is 6.08. The fraction of sp³-hybridized carbons (Fsp3) is 0.462. The van der Waals surface area contributed by atoms with Gasteiger partial charge in [-0.15, -0.1) is 0 Å². The van der Waals surface area contributed by atoms with Gasteiger partial charge in [-0.2, -0.15) is 0 Å². The third-order valence-electron chi connectivity index (χ3n) is 2.17. The first-order chi connectivity index (χ1) is 8.27. The number of ether oxygens (including phenoxy) is 1. The summed E-state index contributed by atoms with van der Waals surface area (Å²) in [4.78, 5) is 4.20. The minimum atomic E-state index is 0.490. The van der Waals surface area contributed by atoms with E-state index in [-0.39, 0.29) is 0 Å². The molecule has 0 saturated heterocycles. The summed E-state index contributed by atoms with van der Waals surface area (Å²) in [7, 11) is 0. The van der Waals surface area contributed by atoms with Crippen LogP contribution in [-0.2, 0) is 6.54 Å². The van der Waals surface area contributed by atoms with E-state index in [4.69, 9.17) is 16.3 Å². The fourth-order valence-corrected chi connectivity index (χ4v) is 1.54. The van der Waals surface area contributed by atoms with E-state index in [1.54, 1.807) is 6.20 Å². The van der Waals surface area contributed by atoms with Crippen molar-refractivity contribution in [3.05, 3.63) is 35.0 Å². The minimum absolute atomic E-state index is 0.490. The van der Waals surface area contributed by atoms with Gasteiger partial charge in [0.1, 0.15) is 11.6 Å². The van der Waals surface area contributed by atoms with Crippen molar-refractivity contribution in [1.29, 1.82) is 0 Å². The standard InChI is InChI=1S/C13H19ClN2O/c1-3-5-7-17-13-12(14)8-11(10-16-13)9-15-6-4-2/h3,5,8,10,15H,4,6-7,9H2,1-2H3. The SMILES string of the molecule is CC=CCOc1ncc(CNCCC)cc1Cl. The van der Waals surface area contributed by atoms with E-state index in [1.165, 1.54) is 0 Å². The molecule has 4 heteroatoms. The number of aromatic nitrogens is 1. The van der Waals surface area contributed by atoms with Crippen LogP contribution < -0.4 is 10.1 Å². The quantitative estimate of drug-likeness (QED) is 0.599. The summed E-state index contributed by atoms with van der Waals surface area (Å²) >= 11 is 6.08. The van der Waals surface area contributed by atoms with Crippen molar-refractivity contribution in [2.24, 2.45) is 0 Å². The number of nitrogens with zero attached hydrogens (tertiary/aromatic N) is 1. The predicted molar refractivity (Wildman–Crippen MR) is 71.6 cm³/mol. The summed E-state index contributed by atoms with van der Waals surface area (Å²) in [6.45, 7) is 6.36. The molecule has 0 atom stereocenters. The molecule has 0 bridgehead atoms. The van der Waals surface area contributed by atoms with Gasteiger partial charge in [0.25, 0.3) is 0 Å². The predicted octanol–water partition coefficient (Wildman–Crippen LogP) is 3.19. The van der Waals surface area contributed by atoms with Gasteiger partial charge in [-0.1, -0.05) is 30.7 Å². The Kier molecular flexibility index (Phi) is 6.67. The highest BCUT2D eigenvalue weighted by Crippen LogP contribution is 2.22. The zero-order valence-electron chi connectivity index (χ0n) is 10.4. The summed E-state index contributed by atoms with van der Waals surface area (Å²) in [5.41, 5.74) is 1.07. The third-order valence-corrected chi connectivity index (χ3v) is 2.44. The van der Waals surface area contributed by atoms with Gasteiger partial charge in [0.2, 0.25) is 5.88 Å². The second kappa shape index (κ2) is 8.09. The Bertz CT molecular complexity index is 366. The van der Waals surface area contributed by atoms with Gasteiger partial charge in [0.15, 0.2) is 0 Å². The number of nitrogens with one attached hydrogen (secondary N) is 1. The summed E-state index contributed by atoms with van der Waals surface area (Å²) in [5.74, 6) is 0.490. The Morgan fingerprint density at radius 1 is 1.53 bits per heavy atom. The lowest BCUT2D eigenvalue weighted by molar-refractivity contribution is 0.348. The summed E-state index contributed by atoms with van der Waals surface area (Å²) < 4.78 is 5.41. The van der Waals surface area contributed by atoms with E-state index >= 15 is 0 Å². The molecule has 1 aromatic rings. The number of hydrogen-bond acceptors (Lipinski definition) is 3. The lowest BCUT2D eigenvalue weighted by atomic mass is 10.3. The summed E-state index contributed by atoms with van der Waals surface area (Å²) in [6.07, 6.45) is 6.75. The Morgan fingerprint density at radius 2 is 2.35 bits per heavy atom. The molecule has 0 amide bonds. The topological polar surface area (TPSA) is 34.1 Å². The van der Waals surface area contributed by atoms with E-state index in [0.717, 1.165) is 25.1 Å². The average Bonchev–Trinajstić information content (AvgIpc) is 2.32. The highest BCUT2D eigenvalue weighted by molar-refractivity contribution is 6.31. The molecule has 1 N–H and O–H groups in total. The second-order valence-electron chi connectivity index (χ2n) is 3.69. The van der Waals surface area contributed by atoms with Crippen molar-refractivity contribution in [1.82, 2.24) is 10.3 Å². The van der Waals surface area contributed by atoms with E-state index < -0.39 is 0 Å². The van der Waals surface area contributed by atoms with Crippen LogP contribution in [0.1, 0.15) is 25.8 Å². The van der Waals surface area contributed by atoms with Gasteiger partial charge in [-0.25, -0.2) is 4.98 Å². The molecule has 1 aromatic heterocycles. The molecule has 1 rings (SSSR count). The average molecular weight is 255 g/mol. The van der Waals surface area contributed by atoms with E-state index in [1.807, 2.05) is 25.1 Å². The molecule has 0 radical (unpaired) electrons. The zero-order chi connectivity index (χ0) is 12.5. The maximum absolute atomic E-state index is 6.08. The van der Waals surface area contributed by atoms with E-state index in [0.29, 0.717) is 17.5 Å². The molecule has 0 aliphatic heterocycles. The van der Waals surface area contributed by atoms with Crippen LogP contribution in [0, 0.1) is 0 Å². The Morgan fingerprint density at radius 3 is 3.00 bits per heavy atom. The molecule has 0 aromatic carbocycles. The van der Waals surface area contributed by atoms with Crippen molar-refractivity contribution < 1.29 is 4.74 Å². The van der Waals surface area contributed by atoms with Crippen molar-refractivity contribution in [3.8, 4) is 5.88 Å². The summed E-state index contributed by atoms with van der Waals surface area (Å²) in [6, 6.07) is 1.89. The van der Waals surface area contributed by atoms with Crippen LogP contribution in [0.5, 0.6) is 5.88 Å².